The van der Waals surface area contributed by atoms with E-state index in [1.54, 1.807) is 0 Å². The second-order valence-corrected chi connectivity index (χ2v) is 5.18. The number of rotatable bonds is 2. The van der Waals surface area contributed by atoms with Crippen LogP contribution in [0.1, 0.15) is 29.6 Å². The van der Waals surface area contributed by atoms with Gasteiger partial charge in [0.25, 0.3) is 5.91 Å². The van der Waals surface area contributed by atoms with Crippen LogP contribution < -0.4 is 5.32 Å². The average Bonchev–Trinajstić information content (AvgIpc) is 2.48. The van der Waals surface area contributed by atoms with Gasteiger partial charge in [-0.15, -0.1) is 0 Å². The Balaban J connectivity index is 2.30. The molecule has 0 spiro atoms. The minimum absolute atomic E-state index is 0.0895. The normalized spacial score (nSPS) is 18.8. The predicted octanol–water partition coefficient (Wildman–Crippen LogP) is 2.22. The highest BCUT2D eigenvalue weighted by molar-refractivity contribution is 6.31. The lowest BCUT2D eigenvalue weighted by Gasteiger charge is -2.34. The van der Waals surface area contributed by atoms with Crippen LogP contribution in [0.2, 0.25) is 5.02 Å². The van der Waals surface area contributed by atoms with Crippen LogP contribution in [0.25, 0.3) is 0 Å². The lowest BCUT2D eigenvalue weighted by molar-refractivity contribution is -0.126. The maximum atomic E-state index is 13.8. The van der Waals surface area contributed by atoms with Gasteiger partial charge in [0.2, 0.25) is 5.91 Å². The van der Waals surface area contributed by atoms with Crippen LogP contribution in [0.4, 0.5) is 4.39 Å². The van der Waals surface area contributed by atoms with E-state index >= 15 is 0 Å². The van der Waals surface area contributed by atoms with Crippen molar-refractivity contribution in [1.82, 2.24) is 10.2 Å². The minimum atomic E-state index is -0.624. The van der Waals surface area contributed by atoms with Crippen molar-refractivity contribution >= 4 is 23.4 Å². The number of carbonyl (C=O) groups excluding carboxylic acids is 2. The molecule has 0 radical (unpaired) electrons. The summed E-state index contributed by atoms with van der Waals surface area (Å²) >= 11 is 5.81. The maximum absolute atomic E-state index is 13.8. The number of amides is 2. The van der Waals surface area contributed by atoms with Gasteiger partial charge in [-0.1, -0.05) is 11.6 Å². The van der Waals surface area contributed by atoms with Crippen molar-refractivity contribution in [3.8, 4) is 0 Å². The molecule has 0 saturated carbocycles. The fourth-order valence-electron chi connectivity index (χ4n) is 2.43. The summed E-state index contributed by atoms with van der Waals surface area (Å²) in [5, 5.41) is 2.84. The largest absolute Gasteiger partial charge is 0.357 e. The molecule has 1 aromatic carbocycles. The lowest BCUT2D eigenvalue weighted by atomic mass is 10.00. The topological polar surface area (TPSA) is 49.4 Å². The van der Waals surface area contributed by atoms with Crippen LogP contribution in [-0.2, 0) is 4.79 Å². The molecule has 0 aliphatic carbocycles. The molecule has 1 saturated heterocycles. The van der Waals surface area contributed by atoms with Gasteiger partial charge < -0.3 is 10.2 Å². The number of nitrogens with zero attached hydrogens (tertiary/aromatic N) is 1. The third kappa shape index (κ3) is 2.93. The van der Waals surface area contributed by atoms with Gasteiger partial charge in [-0.3, -0.25) is 9.59 Å². The molecule has 0 aromatic heterocycles. The molecular formula is C14H16ClFN2O2. The standard InChI is InChI=1S/C14H16ClFN2O2/c1-17-13(19)12-4-2-3-7-18(12)14(20)10-8-9(15)5-6-11(10)16/h5-6,8,12H,2-4,7H2,1H3,(H,17,19). The molecule has 1 fully saturated rings. The molecular weight excluding hydrogens is 283 g/mol. The second kappa shape index (κ2) is 6.22. The lowest BCUT2D eigenvalue weighted by Crippen LogP contribution is -2.51. The number of carbonyl (C=O) groups is 2. The zero-order valence-corrected chi connectivity index (χ0v) is 11.9. The highest BCUT2D eigenvalue weighted by Gasteiger charge is 2.33. The van der Waals surface area contributed by atoms with Gasteiger partial charge in [-0.05, 0) is 37.5 Å². The number of hydrogen-bond acceptors (Lipinski definition) is 2. The van der Waals surface area contributed by atoms with E-state index in [0.29, 0.717) is 18.0 Å². The number of hydrogen-bond donors (Lipinski definition) is 1. The van der Waals surface area contributed by atoms with Gasteiger partial charge in [-0.25, -0.2) is 4.39 Å². The summed E-state index contributed by atoms with van der Waals surface area (Å²) in [5.41, 5.74) is -0.0895. The Morgan fingerprint density at radius 1 is 1.40 bits per heavy atom. The molecule has 0 bridgehead atoms. The van der Waals surface area contributed by atoms with Crippen molar-refractivity contribution in [2.24, 2.45) is 0 Å². The highest BCUT2D eigenvalue weighted by Crippen LogP contribution is 2.22. The van der Waals surface area contributed by atoms with Crippen LogP contribution in [0.3, 0.4) is 0 Å². The van der Waals surface area contributed by atoms with Crippen molar-refractivity contribution in [3.63, 3.8) is 0 Å². The summed E-state index contributed by atoms with van der Waals surface area (Å²) in [7, 11) is 1.53. The highest BCUT2D eigenvalue weighted by atomic mass is 35.5. The van der Waals surface area contributed by atoms with E-state index in [0.717, 1.165) is 18.9 Å². The SMILES string of the molecule is CNC(=O)C1CCCCN1C(=O)c1cc(Cl)ccc1F. The summed E-state index contributed by atoms with van der Waals surface area (Å²) in [6, 6.07) is 3.31. The van der Waals surface area contributed by atoms with Crippen LogP contribution >= 0.6 is 11.6 Å². The first kappa shape index (κ1) is 14.8. The molecule has 1 N–H and O–H groups in total. The van der Waals surface area contributed by atoms with E-state index in [2.05, 4.69) is 5.32 Å². The van der Waals surface area contributed by atoms with E-state index < -0.39 is 17.8 Å². The maximum Gasteiger partial charge on any atom is 0.257 e. The molecule has 1 aliphatic rings. The van der Waals surface area contributed by atoms with Crippen molar-refractivity contribution in [2.45, 2.75) is 25.3 Å². The number of likely N-dealkylation sites (tertiary alicyclic amines) is 1. The monoisotopic (exact) mass is 298 g/mol. The summed E-state index contributed by atoms with van der Waals surface area (Å²) in [6.07, 6.45) is 2.27. The number of piperidine rings is 1. The number of likely N-dealkylation sites (N-methyl/N-ethyl adjacent to an activating group) is 1. The van der Waals surface area contributed by atoms with Crippen molar-refractivity contribution in [3.05, 3.63) is 34.6 Å². The van der Waals surface area contributed by atoms with Gasteiger partial charge >= 0.3 is 0 Å². The summed E-state index contributed by atoms with van der Waals surface area (Å²) in [4.78, 5) is 25.7. The van der Waals surface area contributed by atoms with Gasteiger partial charge in [-0.2, -0.15) is 0 Å². The first-order valence-electron chi connectivity index (χ1n) is 6.52. The number of nitrogens with one attached hydrogen (secondary N) is 1. The molecule has 4 nitrogen and oxygen atoms in total. The van der Waals surface area contributed by atoms with E-state index in [4.69, 9.17) is 11.6 Å². The van der Waals surface area contributed by atoms with Crippen molar-refractivity contribution < 1.29 is 14.0 Å². The Kier molecular flexibility index (Phi) is 4.60. The third-order valence-electron chi connectivity index (χ3n) is 3.47. The first-order valence-corrected chi connectivity index (χ1v) is 6.90. The first-order chi connectivity index (χ1) is 9.54. The molecule has 108 valence electrons. The van der Waals surface area contributed by atoms with E-state index in [1.807, 2.05) is 0 Å². The van der Waals surface area contributed by atoms with Crippen molar-refractivity contribution in [1.29, 1.82) is 0 Å². The fourth-order valence-corrected chi connectivity index (χ4v) is 2.60. The molecule has 2 rings (SSSR count). The van der Waals surface area contributed by atoms with Crippen LogP contribution in [0.15, 0.2) is 18.2 Å². The number of halogens is 2. The fraction of sp³-hybridized carbons (Fsp3) is 0.429. The quantitative estimate of drug-likeness (QED) is 0.910. The average molecular weight is 299 g/mol. The Morgan fingerprint density at radius 2 is 2.15 bits per heavy atom. The van der Waals surface area contributed by atoms with Gasteiger partial charge in [0, 0.05) is 18.6 Å². The zero-order chi connectivity index (χ0) is 14.7. The molecule has 1 aliphatic heterocycles. The van der Waals surface area contributed by atoms with Crippen LogP contribution in [-0.4, -0.2) is 36.3 Å². The van der Waals surface area contributed by atoms with E-state index in [9.17, 15) is 14.0 Å². The van der Waals surface area contributed by atoms with Crippen LogP contribution in [0.5, 0.6) is 0 Å². The van der Waals surface area contributed by atoms with Gasteiger partial charge in [0.1, 0.15) is 11.9 Å². The Morgan fingerprint density at radius 3 is 2.85 bits per heavy atom. The molecule has 2 amide bonds. The summed E-state index contributed by atoms with van der Waals surface area (Å²) in [6.45, 7) is 0.447. The summed E-state index contributed by atoms with van der Waals surface area (Å²) < 4.78 is 13.8. The van der Waals surface area contributed by atoms with Crippen molar-refractivity contribution in [2.75, 3.05) is 13.6 Å². The van der Waals surface area contributed by atoms with E-state index in [-0.39, 0.29) is 11.5 Å². The van der Waals surface area contributed by atoms with Gasteiger partial charge in [0.15, 0.2) is 0 Å². The smallest absolute Gasteiger partial charge is 0.257 e. The molecule has 6 heteroatoms. The summed E-state index contributed by atoms with van der Waals surface area (Å²) in [5.74, 6) is -1.33. The third-order valence-corrected chi connectivity index (χ3v) is 3.71. The molecule has 1 atom stereocenters. The van der Waals surface area contributed by atoms with Gasteiger partial charge in [0.05, 0.1) is 5.56 Å². The van der Waals surface area contributed by atoms with Crippen LogP contribution in [0, 0.1) is 5.82 Å². The minimum Gasteiger partial charge on any atom is -0.357 e. The van der Waals surface area contributed by atoms with E-state index in [1.165, 1.54) is 24.1 Å². The Labute approximate surface area is 121 Å². The predicted molar refractivity (Wildman–Crippen MR) is 74.2 cm³/mol. The Bertz CT molecular complexity index is 536. The second-order valence-electron chi connectivity index (χ2n) is 4.75. The Hall–Kier alpha value is -1.62. The zero-order valence-electron chi connectivity index (χ0n) is 11.2. The molecule has 1 heterocycles. The number of benzene rings is 1. The molecule has 20 heavy (non-hydrogen) atoms. The molecule has 1 aromatic rings. The molecule has 1 unspecified atom stereocenters.